The van der Waals surface area contributed by atoms with E-state index in [-0.39, 0.29) is 5.91 Å². The second kappa shape index (κ2) is 5.35. The maximum absolute atomic E-state index is 12.0. The van der Waals surface area contributed by atoms with Crippen molar-refractivity contribution in [3.8, 4) is 0 Å². The molecule has 0 bridgehead atoms. The highest BCUT2D eigenvalue weighted by molar-refractivity contribution is 8.14. The predicted molar refractivity (Wildman–Crippen MR) is 65.9 cm³/mol. The quantitative estimate of drug-likeness (QED) is 0.717. The van der Waals surface area contributed by atoms with Gasteiger partial charge < -0.3 is 10.4 Å². The first-order chi connectivity index (χ1) is 8.18. The standard InChI is InChI=1S/C11H14N2O3S/c14-9(13-11-12-5-6-17-11)7-3-1-2-4-8(7)10(15)16/h1-2,7-8H,3-6H2,(H,15,16)(H,12,13,14)/t7-,8+/m1/s1. The van der Waals surface area contributed by atoms with Gasteiger partial charge in [-0.05, 0) is 12.8 Å². The number of hydrogen-bond donors (Lipinski definition) is 2. The van der Waals surface area contributed by atoms with Crippen LogP contribution in [-0.4, -0.2) is 34.4 Å². The van der Waals surface area contributed by atoms with Gasteiger partial charge in [0.1, 0.15) is 0 Å². The average molecular weight is 254 g/mol. The van der Waals surface area contributed by atoms with Crippen molar-refractivity contribution in [3.05, 3.63) is 12.2 Å². The van der Waals surface area contributed by atoms with E-state index in [1.165, 1.54) is 11.8 Å². The van der Waals surface area contributed by atoms with Crippen molar-refractivity contribution in [2.24, 2.45) is 16.8 Å². The summed E-state index contributed by atoms with van der Waals surface area (Å²) >= 11 is 1.50. The number of amidine groups is 1. The van der Waals surface area contributed by atoms with Gasteiger partial charge in [-0.3, -0.25) is 14.6 Å². The Morgan fingerprint density at radius 1 is 1.35 bits per heavy atom. The summed E-state index contributed by atoms with van der Waals surface area (Å²) in [7, 11) is 0. The van der Waals surface area contributed by atoms with E-state index in [4.69, 9.17) is 5.11 Å². The van der Waals surface area contributed by atoms with Gasteiger partial charge in [0.15, 0.2) is 5.17 Å². The lowest BCUT2D eigenvalue weighted by Crippen LogP contribution is -2.40. The van der Waals surface area contributed by atoms with Crippen LogP contribution in [0, 0.1) is 11.8 Å². The third-order valence-electron chi connectivity index (χ3n) is 2.90. The van der Waals surface area contributed by atoms with Crippen LogP contribution >= 0.6 is 11.8 Å². The van der Waals surface area contributed by atoms with E-state index in [9.17, 15) is 9.59 Å². The van der Waals surface area contributed by atoms with Crippen molar-refractivity contribution in [1.29, 1.82) is 0 Å². The fourth-order valence-electron chi connectivity index (χ4n) is 1.99. The number of carbonyl (C=O) groups excluding carboxylic acids is 1. The molecule has 2 atom stereocenters. The molecule has 2 aliphatic rings. The first-order valence-electron chi connectivity index (χ1n) is 5.54. The van der Waals surface area contributed by atoms with Gasteiger partial charge in [0.2, 0.25) is 5.91 Å². The first-order valence-corrected chi connectivity index (χ1v) is 6.53. The van der Waals surface area contributed by atoms with E-state index in [2.05, 4.69) is 10.3 Å². The van der Waals surface area contributed by atoms with Crippen LogP contribution in [0.2, 0.25) is 0 Å². The van der Waals surface area contributed by atoms with Crippen LogP contribution in [0.4, 0.5) is 0 Å². The Kier molecular flexibility index (Phi) is 3.83. The number of aliphatic imine (C=N–C) groups is 1. The molecular weight excluding hydrogens is 240 g/mol. The molecule has 0 aromatic rings. The van der Waals surface area contributed by atoms with Crippen molar-refractivity contribution in [2.45, 2.75) is 12.8 Å². The molecule has 6 heteroatoms. The first kappa shape index (κ1) is 12.2. The zero-order valence-corrected chi connectivity index (χ0v) is 10.1. The van der Waals surface area contributed by atoms with Crippen LogP contribution < -0.4 is 5.32 Å². The summed E-state index contributed by atoms with van der Waals surface area (Å²) in [5, 5.41) is 12.4. The molecule has 92 valence electrons. The molecule has 0 saturated carbocycles. The molecule has 0 unspecified atom stereocenters. The Morgan fingerprint density at radius 2 is 2.06 bits per heavy atom. The second-order valence-corrected chi connectivity index (χ2v) is 5.10. The van der Waals surface area contributed by atoms with Gasteiger partial charge in [-0.15, -0.1) is 0 Å². The Labute approximate surface area is 103 Å². The number of thioether (sulfide) groups is 1. The number of carbonyl (C=O) groups is 2. The summed E-state index contributed by atoms with van der Waals surface area (Å²) in [5.74, 6) is -1.36. The molecular formula is C11H14N2O3S. The number of allylic oxidation sites excluding steroid dienone is 2. The molecule has 0 spiro atoms. The molecule has 0 radical (unpaired) electrons. The third kappa shape index (κ3) is 2.88. The summed E-state index contributed by atoms with van der Waals surface area (Å²) in [6.07, 6.45) is 4.60. The fourth-order valence-corrected chi connectivity index (χ4v) is 2.72. The number of rotatable bonds is 2. The minimum Gasteiger partial charge on any atom is -0.481 e. The number of aliphatic carboxylic acids is 1. The smallest absolute Gasteiger partial charge is 0.307 e. The van der Waals surface area contributed by atoms with Gasteiger partial charge in [-0.25, -0.2) is 0 Å². The Bertz CT molecular complexity index is 392. The highest BCUT2D eigenvalue weighted by Gasteiger charge is 2.34. The maximum Gasteiger partial charge on any atom is 0.307 e. The molecule has 2 rings (SSSR count). The van der Waals surface area contributed by atoms with Gasteiger partial charge >= 0.3 is 5.97 Å². The number of carboxylic acids is 1. The van der Waals surface area contributed by atoms with Crippen LogP contribution in [0.15, 0.2) is 17.1 Å². The van der Waals surface area contributed by atoms with E-state index in [1.807, 2.05) is 12.2 Å². The maximum atomic E-state index is 12.0. The number of nitrogens with zero attached hydrogens (tertiary/aromatic N) is 1. The van der Waals surface area contributed by atoms with Gasteiger partial charge in [0, 0.05) is 5.75 Å². The van der Waals surface area contributed by atoms with Crippen molar-refractivity contribution in [1.82, 2.24) is 5.32 Å². The highest BCUT2D eigenvalue weighted by atomic mass is 32.2. The molecule has 1 aliphatic heterocycles. The molecule has 2 N–H and O–H groups in total. The predicted octanol–water partition coefficient (Wildman–Crippen LogP) is 0.872. The minimum atomic E-state index is -0.907. The average Bonchev–Trinajstić information content (AvgIpc) is 2.81. The lowest BCUT2D eigenvalue weighted by atomic mass is 9.82. The van der Waals surface area contributed by atoms with Crippen molar-refractivity contribution in [3.63, 3.8) is 0 Å². The van der Waals surface area contributed by atoms with Crippen LogP contribution in [-0.2, 0) is 9.59 Å². The van der Waals surface area contributed by atoms with E-state index in [0.29, 0.717) is 24.6 Å². The third-order valence-corrected chi connectivity index (χ3v) is 3.79. The van der Waals surface area contributed by atoms with E-state index in [0.717, 1.165) is 5.75 Å². The molecule has 5 nitrogen and oxygen atoms in total. The molecule has 17 heavy (non-hydrogen) atoms. The molecule has 1 aliphatic carbocycles. The van der Waals surface area contributed by atoms with E-state index >= 15 is 0 Å². The molecule has 0 aromatic carbocycles. The zero-order valence-electron chi connectivity index (χ0n) is 9.26. The summed E-state index contributed by atoms with van der Waals surface area (Å²) in [6.45, 7) is 0.715. The minimum absolute atomic E-state index is 0.227. The van der Waals surface area contributed by atoms with Crippen LogP contribution in [0.25, 0.3) is 0 Å². The Balaban J connectivity index is 2.01. The van der Waals surface area contributed by atoms with Crippen LogP contribution in [0.3, 0.4) is 0 Å². The molecule has 0 saturated heterocycles. The zero-order chi connectivity index (χ0) is 12.3. The van der Waals surface area contributed by atoms with Gasteiger partial charge in [0.25, 0.3) is 0 Å². The van der Waals surface area contributed by atoms with Crippen molar-refractivity contribution in [2.75, 3.05) is 12.3 Å². The lowest BCUT2D eigenvalue weighted by Gasteiger charge is -2.23. The Morgan fingerprint density at radius 3 is 2.65 bits per heavy atom. The number of nitrogens with one attached hydrogen (secondary N) is 1. The largest absolute Gasteiger partial charge is 0.481 e. The summed E-state index contributed by atoms with van der Waals surface area (Å²) in [6, 6.07) is 0. The van der Waals surface area contributed by atoms with Crippen LogP contribution in [0.1, 0.15) is 12.8 Å². The topological polar surface area (TPSA) is 78.8 Å². The molecule has 0 fully saturated rings. The Hall–Kier alpha value is -1.30. The number of amides is 1. The normalized spacial score (nSPS) is 27.6. The van der Waals surface area contributed by atoms with Crippen LogP contribution in [0.5, 0.6) is 0 Å². The molecule has 0 aromatic heterocycles. The van der Waals surface area contributed by atoms with Gasteiger partial charge in [0.05, 0.1) is 18.4 Å². The lowest BCUT2D eigenvalue weighted by molar-refractivity contribution is -0.147. The van der Waals surface area contributed by atoms with Gasteiger partial charge in [-0.2, -0.15) is 0 Å². The monoisotopic (exact) mass is 254 g/mol. The highest BCUT2D eigenvalue weighted by Crippen LogP contribution is 2.26. The van der Waals surface area contributed by atoms with E-state index < -0.39 is 17.8 Å². The SMILES string of the molecule is O=C(O)[C@H]1CC=CC[C@H]1C(=O)NC1=NCCS1. The number of carboxylic acid groups (broad SMARTS) is 1. The second-order valence-electron chi connectivity index (χ2n) is 4.02. The van der Waals surface area contributed by atoms with Gasteiger partial charge in [-0.1, -0.05) is 23.9 Å². The summed E-state index contributed by atoms with van der Waals surface area (Å²) in [5.41, 5.74) is 0. The van der Waals surface area contributed by atoms with E-state index in [1.54, 1.807) is 0 Å². The summed E-state index contributed by atoms with van der Waals surface area (Å²) in [4.78, 5) is 27.1. The number of hydrogen-bond acceptors (Lipinski definition) is 4. The van der Waals surface area contributed by atoms with Crippen molar-refractivity contribution < 1.29 is 14.7 Å². The van der Waals surface area contributed by atoms with Crippen molar-refractivity contribution >= 4 is 28.8 Å². The summed E-state index contributed by atoms with van der Waals surface area (Å²) < 4.78 is 0. The molecule has 1 heterocycles. The molecule has 1 amide bonds. The fraction of sp³-hybridized carbons (Fsp3) is 0.545.